The molecule has 0 aromatic carbocycles. The topological polar surface area (TPSA) is 84.9 Å². The van der Waals surface area contributed by atoms with E-state index >= 15 is 0 Å². The van der Waals surface area contributed by atoms with Gasteiger partial charge in [-0.05, 0) is 39.0 Å². The lowest BCUT2D eigenvalue weighted by Crippen LogP contribution is -2.41. The molecule has 1 amide bonds. The van der Waals surface area contributed by atoms with E-state index in [-0.39, 0.29) is 29.9 Å². The van der Waals surface area contributed by atoms with Gasteiger partial charge < -0.3 is 19.9 Å². The molecule has 1 aliphatic heterocycles. The van der Waals surface area contributed by atoms with Crippen LogP contribution in [0.1, 0.15) is 39.0 Å². The molecule has 6 heteroatoms. The van der Waals surface area contributed by atoms with Crippen LogP contribution in [0, 0.1) is 11.8 Å². The van der Waals surface area contributed by atoms with Crippen molar-refractivity contribution in [3.63, 3.8) is 0 Å². The summed E-state index contributed by atoms with van der Waals surface area (Å²) in [5, 5.41) is 11.9. The zero-order chi connectivity index (χ0) is 15.2. The van der Waals surface area contributed by atoms with Gasteiger partial charge in [0.1, 0.15) is 0 Å². The van der Waals surface area contributed by atoms with Gasteiger partial charge in [0.25, 0.3) is 0 Å². The number of ether oxygens (including phenoxy) is 2. The second kappa shape index (κ2) is 7.75. The molecule has 0 bridgehead atoms. The summed E-state index contributed by atoms with van der Waals surface area (Å²) < 4.78 is 10.9. The summed E-state index contributed by atoms with van der Waals surface area (Å²) >= 11 is 0. The molecule has 0 aromatic heterocycles. The van der Waals surface area contributed by atoms with Crippen LogP contribution < -0.4 is 5.32 Å². The Hall–Kier alpha value is -1.14. The van der Waals surface area contributed by atoms with Crippen LogP contribution in [0.4, 0.5) is 0 Å². The zero-order valence-corrected chi connectivity index (χ0v) is 12.5. The van der Waals surface area contributed by atoms with E-state index in [4.69, 9.17) is 14.6 Å². The van der Waals surface area contributed by atoms with Crippen molar-refractivity contribution in [2.24, 2.45) is 11.8 Å². The maximum absolute atomic E-state index is 12.1. The highest BCUT2D eigenvalue weighted by Gasteiger charge is 2.30. The summed E-state index contributed by atoms with van der Waals surface area (Å²) in [6.07, 6.45) is 3.57. The van der Waals surface area contributed by atoms with Crippen molar-refractivity contribution in [2.75, 3.05) is 19.8 Å². The lowest BCUT2D eigenvalue weighted by atomic mass is 9.81. The molecule has 2 aliphatic rings. The summed E-state index contributed by atoms with van der Waals surface area (Å²) in [4.78, 5) is 23.0. The summed E-state index contributed by atoms with van der Waals surface area (Å²) in [5.74, 6) is -1.05. The molecule has 0 aromatic rings. The molecular formula is C15H25NO5. The number of nitrogens with one attached hydrogen (secondary N) is 1. The van der Waals surface area contributed by atoms with E-state index in [1.54, 1.807) is 0 Å². The number of carboxylic acids is 1. The van der Waals surface area contributed by atoms with E-state index in [0.717, 1.165) is 13.0 Å². The Morgan fingerprint density at radius 1 is 1.24 bits per heavy atom. The number of hydrogen-bond acceptors (Lipinski definition) is 4. The van der Waals surface area contributed by atoms with Crippen molar-refractivity contribution in [3.8, 4) is 0 Å². The largest absolute Gasteiger partial charge is 0.481 e. The number of amides is 1. The Morgan fingerprint density at radius 3 is 2.48 bits per heavy atom. The first kappa shape index (κ1) is 16.2. The molecular weight excluding hydrogens is 274 g/mol. The van der Waals surface area contributed by atoms with E-state index in [0.29, 0.717) is 38.9 Å². The van der Waals surface area contributed by atoms with Gasteiger partial charge in [-0.25, -0.2) is 0 Å². The molecule has 21 heavy (non-hydrogen) atoms. The van der Waals surface area contributed by atoms with Gasteiger partial charge in [0.2, 0.25) is 5.91 Å². The second-order valence-electron chi connectivity index (χ2n) is 6.12. The Bertz CT molecular complexity index is 359. The Kier molecular flexibility index (Phi) is 5.99. The molecule has 2 rings (SSSR count). The number of aliphatic carboxylic acids is 1. The summed E-state index contributed by atoms with van der Waals surface area (Å²) in [7, 11) is 0. The molecule has 6 nitrogen and oxygen atoms in total. The third-order valence-corrected chi connectivity index (χ3v) is 4.31. The molecule has 120 valence electrons. The quantitative estimate of drug-likeness (QED) is 0.769. The fraction of sp³-hybridized carbons (Fsp3) is 0.867. The summed E-state index contributed by atoms with van der Waals surface area (Å²) in [6.45, 7) is 3.80. The lowest BCUT2D eigenvalue weighted by Gasteiger charge is -2.26. The van der Waals surface area contributed by atoms with Gasteiger partial charge in [-0.1, -0.05) is 0 Å². The van der Waals surface area contributed by atoms with E-state index in [1.165, 1.54) is 0 Å². The monoisotopic (exact) mass is 299 g/mol. The predicted molar refractivity (Wildman–Crippen MR) is 75.9 cm³/mol. The molecule has 1 heterocycles. The van der Waals surface area contributed by atoms with E-state index in [9.17, 15) is 9.59 Å². The maximum atomic E-state index is 12.1. The van der Waals surface area contributed by atoms with Crippen molar-refractivity contribution >= 4 is 11.9 Å². The first-order chi connectivity index (χ1) is 10.1. The molecule has 0 spiro atoms. The molecule has 2 unspecified atom stereocenters. The predicted octanol–water partition coefficient (Wildman–Crippen LogP) is 1.19. The maximum Gasteiger partial charge on any atom is 0.306 e. The van der Waals surface area contributed by atoms with Gasteiger partial charge in [-0.2, -0.15) is 0 Å². The number of rotatable bonds is 6. The van der Waals surface area contributed by atoms with Crippen LogP contribution in [0.3, 0.4) is 0 Å². The van der Waals surface area contributed by atoms with Crippen LogP contribution in [0.15, 0.2) is 0 Å². The Labute approximate surface area is 125 Å². The van der Waals surface area contributed by atoms with Crippen LogP contribution in [0.25, 0.3) is 0 Å². The Morgan fingerprint density at radius 2 is 1.90 bits per heavy atom. The normalized spacial score (nSPS) is 30.8. The number of carboxylic acid groups (broad SMARTS) is 1. The number of carbonyl (C=O) groups is 2. The lowest BCUT2D eigenvalue weighted by molar-refractivity contribution is -0.144. The highest BCUT2D eigenvalue weighted by Crippen LogP contribution is 2.29. The molecule has 2 atom stereocenters. The zero-order valence-electron chi connectivity index (χ0n) is 12.5. The van der Waals surface area contributed by atoms with E-state index < -0.39 is 5.97 Å². The second-order valence-corrected chi connectivity index (χ2v) is 6.12. The van der Waals surface area contributed by atoms with Gasteiger partial charge in [0.15, 0.2) is 0 Å². The fourth-order valence-electron chi connectivity index (χ4n) is 2.93. The van der Waals surface area contributed by atoms with Gasteiger partial charge in [-0.15, -0.1) is 0 Å². The number of hydrogen-bond donors (Lipinski definition) is 2. The van der Waals surface area contributed by atoms with Crippen LogP contribution in [0.5, 0.6) is 0 Å². The van der Waals surface area contributed by atoms with Crippen molar-refractivity contribution in [3.05, 3.63) is 0 Å². The highest BCUT2D eigenvalue weighted by atomic mass is 16.5. The van der Waals surface area contributed by atoms with Crippen molar-refractivity contribution in [1.82, 2.24) is 5.32 Å². The summed E-state index contributed by atoms with van der Waals surface area (Å²) in [5.41, 5.74) is 0. The Balaban J connectivity index is 1.65. The minimum Gasteiger partial charge on any atom is -0.481 e. The van der Waals surface area contributed by atoms with Crippen LogP contribution in [-0.2, 0) is 19.1 Å². The molecule has 2 N–H and O–H groups in total. The van der Waals surface area contributed by atoms with Crippen molar-refractivity contribution in [2.45, 2.75) is 51.2 Å². The third kappa shape index (κ3) is 4.97. The molecule has 1 saturated heterocycles. The average Bonchev–Trinajstić information content (AvgIpc) is 2.98. The SMILES string of the molecule is CC(COC1CCOC1)NC(=O)C1CCC(C(=O)O)CC1. The molecule has 1 aliphatic carbocycles. The molecule has 1 saturated carbocycles. The first-order valence-electron chi connectivity index (χ1n) is 7.78. The first-order valence-corrected chi connectivity index (χ1v) is 7.78. The van der Waals surface area contributed by atoms with Crippen molar-refractivity contribution in [1.29, 1.82) is 0 Å². The van der Waals surface area contributed by atoms with Gasteiger partial charge in [0.05, 0.1) is 25.2 Å². The minimum atomic E-state index is -0.741. The van der Waals surface area contributed by atoms with Crippen LogP contribution in [-0.4, -0.2) is 48.9 Å². The minimum absolute atomic E-state index is 0.0256. The third-order valence-electron chi connectivity index (χ3n) is 4.31. The number of carbonyl (C=O) groups excluding carboxylic acids is 1. The van der Waals surface area contributed by atoms with Crippen LogP contribution >= 0.6 is 0 Å². The fourth-order valence-corrected chi connectivity index (χ4v) is 2.93. The smallest absolute Gasteiger partial charge is 0.306 e. The standard InChI is InChI=1S/C15H25NO5/c1-10(8-21-13-6-7-20-9-13)16-14(17)11-2-4-12(5-3-11)15(18)19/h10-13H,2-9H2,1H3,(H,16,17)(H,18,19). The average molecular weight is 299 g/mol. The summed E-state index contributed by atoms with van der Waals surface area (Å²) in [6, 6.07) is -0.0321. The molecule has 0 radical (unpaired) electrons. The molecule has 2 fully saturated rings. The van der Waals surface area contributed by atoms with Gasteiger partial charge in [-0.3, -0.25) is 9.59 Å². The van der Waals surface area contributed by atoms with E-state index in [2.05, 4.69) is 5.32 Å². The van der Waals surface area contributed by atoms with Gasteiger partial charge in [0, 0.05) is 18.6 Å². The van der Waals surface area contributed by atoms with Crippen LogP contribution in [0.2, 0.25) is 0 Å². The van der Waals surface area contributed by atoms with E-state index in [1.807, 2.05) is 6.92 Å². The van der Waals surface area contributed by atoms with Gasteiger partial charge >= 0.3 is 5.97 Å². The highest BCUT2D eigenvalue weighted by molar-refractivity contribution is 5.79. The van der Waals surface area contributed by atoms with Crippen molar-refractivity contribution < 1.29 is 24.2 Å².